The molecule has 0 aliphatic rings. The van der Waals surface area contributed by atoms with Crippen LogP contribution in [0.5, 0.6) is 0 Å². The fourth-order valence-electron chi connectivity index (χ4n) is 1.41. The number of thiophene rings is 1. The number of carbonyl (C=O) groups excluding carboxylic acids is 2. The minimum atomic E-state index is -0.655. The largest absolute Gasteiger partial charge is 0.465 e. The Morgan fingerprint density at radius 2 is 1.89 bits per heavy atom. The number of nitrogens with two attached hydrogens (primary N) is 2. The van der Waals surface area contributed by atoms with Crippen LogP contribution in [0.2, 0.25) is 0 Å². The number of nitrogens with one attached hydrogen (secondary N) is 1. The second-order valence-corrected chi connectivity index (χ2v) is 5.60. The number of ether oxygens (including phenoxy) is 1. The summed E-state index contributed by atoms with van der Waals surface area (Å²) in [7, 11) is 1.26. The zero-order valence-corrected chi connectivity index (χ0v) is 12.3. The number of hydrogen-bond acceptors (Lipinski definition) is 6. The maximum Gasteiger partial charge on any atom is 0.343 e. The summed E-state index contributed by atoms with van der Waals surface area (Å²) in [5, 5.41) is 3.68. The number of carbonyl (C=O) groups is 2. The molecule has 1 aromatic rings. The first-order valence-corrected chi connectivity index (χ1v) is 6.68. The van der Waals surface area contributed by atoms with E-state index in [0.717, 1.165) is 11.3 Å². The smallest absolute Gasteiger partial charge is 0.343 e. The van der Waals surface area contributed by atoms with Gasteiger partial charge in [0.05, 0.1) is 12.8 Å². The molecule has 0 aliphatic heterocycles. The second-order valence-electron chi connectivity index (χ2n) is 4.58. The van der Waals surface area contributed by atoms with Crippen molar-refractivity contribution in [2.45, 2.75) is 26.8 Å². The van der Waals surface area contributed by atoms with Crippen molar-refractivity contribution in [1.82, 2.24) is 0 Å². The molecular formula is C12H19N3O3S. The van der Waals surface area contributed by atoms with Crippen LogP contribution in [-0.2, 0) is 4.74 Å². The lowest BCUT2D eigenvalue weighted by Gasteiger charge is -2.18. The van der Waals surface area contributed by atoms with Crippen LogP contribution in [0.1, 0.15) is 40.8 Å². The summed E-state index contributed by atoms with van der Waals surface area (Å²) in [5.74, 6) is -0.886. The van der Waals surface area contributed by atoms with E-state index in [-0.39, 0.29) is 22.2 Å². The van der Waals surface area contributed by atoms with Crippen molar-refractivity contribution in [3.8, 4) is 0 Å². The summed E-state index contributed by atoms with van der Waals surface area (Å²) in [5.41, 5.74) is 11.3. The van der Waals surface area contributed by atoms with E-state index < -0.39 is 11.9 Å². The van der Waals surface area contributed by atoms with E-state index in [1.807, 2.05) is 20.8 Å². The SMILES string of the molecule is COC(=O)c1c(NC(C)C(C)C)sc(C(N)=O)c1N. The first kappa shape index (κ1) is 15.3. The zero-order chi connectivity index (χ0) is 14.7. The van der Waals surface area contributed by atoms with Gasteiger partial charge in [0.25, 0.3) is 5.91 Å². The van der Waals surface area contributed by atoms with Gasteiger partial charge in [-0.3, -0.25) is 4.79 Å². The van der Waals surface area contributed by atoms with Crippen molar-refractivity contribution in [2.75, 3.05) is 18.2 Å². The Balaban J connectivity index is 3.25. The number of esters is 1. The van der Waals surface area contributed by atoms with Crippen LogP contribution in [0.3, 0.4) is 0 Å². The summed E-state index contributed by atoms with van der Waals surface area (Å²) >= 11 is 1.07. The molecule has 0 fully saturated rings. The Bertz CT molecular complexity index is 497. The fraction of sp³-hybridized carbons (Fsp3) is 0.500. The molecule has 6 nitrogen and oxygen atoms in total. The average molecular weight is 285 g/mol. The Morgan fingerprint density at radius 1 is 1.32 bits per heavy atom. The van der Waals surface area contributed by atoms with Gasteiger partial charge in [-0.05, 0) is 12.8 Å². The van der Waals surface area contributed by atoms with Crippen molar-refractivity contribution in [3.63, 3.8) is 0 Å². The average Bonchev–Trinajstić information content (AvgIpc) is 2.65. The number of hydrogen-bond donors (Lipinski definition) is 3. The van der Waals surface area contributed by atoms with Gasteiger partial charge in [-0.2, -0.15) is 0 Å². The number of amides is 1. The molecule has 1 atom stereocenters. The molecular weight excluding hydrogens is 266 g/mol. The van der Waals surface area contributed by atoms with Gasteiger partial charge in [0, 0.05) is 6.04 Å². The summed E-state index contributed by atoms with van der Waals surface area (Å²) in [4.78, 5) is 23.2. The van der Waals surface area contributed by atoms with Crippen molar-refractivity contribution < 1.29 is 14.3 Å². The molecule has 1 aromatic heterocycles. The highest BCUT2D eigenvalue weighted by molar-refractivity contribution is 7.19. The second kappa shape index (κ2) is 5.92. The van der Waals surface area contributed by atoms with Crippen LogP contribution in [0.15, 0.2) is 0 Å². The van der Waals surface area contributed by atoms with Gasteiger partial charge in [0.2, 0.25) is 0 Å². The first-order chi connectivity index (χ1) is 8.79. The van der Waals surface area contributed by atoms with E-state index in [9.17, 15) is 9.59 Å². The maximum atomic E-state index is 11.8. The van der Waals surface area contributed by atoms with Crippen LogP contribution in [-0.4, -0.2) is 25.0 Å². The van der Waals surface area contributed by atoms with Crippen molar-refractivity contribution in [3.05, 3.63) is 10.4 Å². The minimum absolute atomic E-state index is 0.0720. The number of primary amides is 1. The predicted octanol–water partition coefficient (Wildman–Crippen LogP) is 1.67. The highest BCUT2D eigenvalue weighted by Gasteiger charge is 2.26. The summed E-state index contributed by atoms with van der Waals surface area (Å²) in [6, 6.07) is 0.113. The lowest BCUT2D eigenvalue weighted by atomic mass is 10.1. The van der Waals surface area contributed by atoms with Crippen LogP contribution < -0.4 is 16.8 Å². The normalized spacial score (nSPS) is 12.3. The molecule has 0 aromatic carbocycles. The fourth-order valence-corrected chi connectivity index (χ4v) is 2.46. The quantitative estimate of drug-likeness (QED) is 0.713. The van der Waals surface area contributed by atoms with E-state index in [2.05, 4.69) is 10.1 Å². The van der Waals surface area contributed by atoms with Crippen LogP contribution >= 0.6 is 11.3 Å². The number of rotatable bonds is 5. The molecule has 19 heavy (non-hydrogen) atoms. The Kier molecular flexibility index (Phi) is 4.77. The Hall–Kier alpha value is -1.76. The molecule has 0 bridgehead atoms. The molecule has 1 amide bonds. The number of methoxy groups -OCH3 is 1. The van der Waals surface area contributed by atoms with Gasteiger partial charge in [-0.25, -0.2) is 4.79 Å². The standard InChI is InChI=1S/C12H19N3O3S/c1-5(2)6(3)15-11-7(12(17)18-4)8(13)9(19-11)10(14)16/h5-6,15H,13H2,1-4H3,(H2,14,16). The lowest BCUT2D eigenvalue weighted by Crippen LogP contribution is -2.22. The summed E-state index contributed by atoms with van der Waals surface area (Å²) < 4.78 is 4.69. The van der Waals surface area contributed by atoms with Gasteiger partial charge in [0.15, 0.2) is 0 Å². The summed E-state index contributed by atoms with van der Waals surface area (Å²) in [6.07, 6.45) is 0. The molecule has 0 saturated heterocycles. The molecule has 106 valence electrons. The van der Waals surface area contributed by atoms with E-state index in [1.54, 1.807) is 0 Å². The first-order valence-electron chi connectivity index (χ1n) is 5.86. The molecule has 0 spiro atoms. The zero-order valence-electron chi connectivity index (χ0n) is 11.4. The maximum absolute atomic E-state index is 11.8. The van der Waals surface area contributed by atoms with Crippen LogP contribution in [0.4, 0.5) is 10.7 Å². The van der Waals surface area contributed by atoms with E-state index in [0.29, 0.717) is 10.9 Å². The van der Waals surface area contributed by atoms with Gasteiger partial charge < -0.3 is 21.5 Å². The third kappa shape index (κ3) is 3.17. The molecule has 0 aliphatic carbocycles. The van der Waals surface area contributed by atoms with Crippen molar-refractivity contribution >= 4 is 33.9 Å². The highest BCUT2D eigenvalue weighted by Crippen LogP contribution is 2.36. The van der Waals surface area contributed by atoms with Gasteiger partial charge in [-0.15, -0.1) is 11.3 Å². The lowest BCUT2D eigenvalue weighted by molar-refractivity contribution is 0.0603. The summed E-state index contributed by atoms with van der Waals surface area (Å²) in [6.45, 7) is 6.06. The van der Waals surface area contributed by atoms with E-state index in [4.69, 9.17) is 11.5 Å². The minimum Gasteiger partial charge on any atom is -0.465 e. The molecule has 1 heterocycles. The third-order valence-electron chi connectivity index (χ3n) is 2.92. The topological polar surface area (TPSA) is 107 Å². The number of nitrogen functional groups attached to an aromatic ring is 1. The van der Waals surface area contributed by atoms with E-state index in [1.165, 1.54) is 7.11 Å². The molecule has 0 saturated carbocycles. The molecule has 1 unspecified atom stereocenters. The van der Waals surface area contributed by atoms with Gasteiger partial charge in [0.1, 0.15) is 15.4 Å². The molecule has 1 rings (SSSR count). The Labute approximate surface area is 116 Å². The van der Waals surface area contributed by atoms with Crippen molar-refractivity contribution in [1.29, 1.82) is 0 Å². The molecule has 7 heteroatoms. The Morgan fingerprint density at radius 3 is 2.32 bits per heavy atom. The van der Waals surface area contributed by atoms with E-state index >= 15 is 0 Å². The predicted molar refractivity (Wildman–Crippen MR) is 76.5 cm³/mol. The monoisotopic (exact) mass is 285 g/mol. The molecule has 0 radical (unpaired) electrons. The third-order valence-corrected chi connectivity index (χ3v) is 4.07. The molecule has 5 N–H and O–H groups in total. The highest BCUT2D eigenvalue weighted by atomic mass is 32.1. The van der Waals surface area contributed by atoms with Crippen LogP contribution in [0, 0.1) is 5.92 Å². The van der Waals surface area contributed by atoms with Crippen molar-refractivity contribution in [2.24, 2.45) is 11.7 Å². The van der Waals surface area contributed by atoms with Gasteiger partial charge in [-0.1, -0.05) is 13.8 Å². The van der Waals surface area contributed by atoms with Crippen LogP contribution in [0.25, 0.3) is 0 Å². The number of anilines is 2. The van der Waals surface area contributed by atoms with Gasteiger partial charge >= 0.3 is 5.97 Å².